The Morgan fingerprint density at radius 3 is 2.92 bits per heavy atom. The van der Waals surface area contributed by atoms with Gasteiger partial charge in [-0.05, 0) is 57.2 Å². The second-order valence-corrected chi connectivity index (χ2v) is 7.71. The molecule has 0 bridgehead atoms. The number of likely N-dealkylation sites (tertiary alicyclic amines) is 1. The zero-order valence-electron chi connectivity index (χ0n) is 14.7. The van der Waals surface area contributed by atoms with Crippen molar-refractivity contribution in [1.29, 1.82) is 0 Å². The van der Waals surface area contributed by atoms with Crippen molar-refractivity contribution in [3.8, 4) is 0 Å². The summed E-state index contributed by atoms with van der Waals surface area (Å²) in [7, 11) is 0. The molecule has 5 nitrogen and oxygen atoms in total. The molecule has 0 aliphatic carbocycles. The third-order valence-electron chi connectivity index (χ3n) is 4.87. The van der Waals surface area contributed by atoms with Crippen molar-refractivity contribution in [2.75, 3.05) is 13.1 Å². The van der Waals surface area contributed by atoms with E-state index in [1.807, 2.05) is 18.5 Å². The van der Waals surface area contributed by atoms with Gasteiger partial charge in [0.2, 0.25) is 5.91 Å². The van der Waals surface area contributed by atoms with Gasteiger partial charge in [-0.15, -0.1) is 11.3 Å². The number of carbonyl (C=O) groups is 1. The minimum Gasteiger partial charge on any atom is -0.350 e. The van der Waals surface area contributed by atoms with Crippen LogP contribution >= 0.6 is 11.3 Å². The first-order valence-corrected chi connectivity index (χ1v) is 9.45. The first-order valence-electron chi connectivity index (χ1n) is 8.57. The van der Waals surface area contributed by atoms with Gasteiger partial charge in [0.1, 0.15) is 6.54 Å². The predicted octanol–water partition coefficient (Wildman–Crippen LogP) is 2.65. The van der Waals surface area contributed by atoms with Crippen molar-refractivity contribution in [2.24, 2.45) is 0 Å². The lowest BCUT2D eigenvalue weighted by Gasteiger charge is -2.32. The lowest BCUT2D eigenvalue weighted by atomic mass is 10.1. The number of amides is 1. The fraction of sp³-hybridized carbons (Fsp3) is 0.556. The number of nitrogens with one attached hydrogen (secondary N) is 1. The molecule has 1 N–H and O–H groups in total. The van der Waals surface area contributed by atoms with Gasteiger partial charge >= 0.3 is 0 Å². The van der Waals surface area contributed by atoms with Crippen LogP contribution in [0.5, 0.6) is 0 Å². The van der Waals surface area contributed by atoms with Crippen molar-refractivity contribution < 1.29 is 4.79 Å². The van der Waals surface area contributed by atoms with Crippen LogP contribution in [0.2, 0.25) is 0 Å². The molecule has 1 amide bonds. The fourth-order valence-electron chi connectivity index (χ4n) is 3.29. The number of nitrogens with zero attached hydrogens (tertiary/aromatic N) is 3. The molecule has 1 fully saturated rings. The van der Waals surface area contributed by atoms with Crippen molar-refractivity contribution in [2.45, 2.75) is 52.7 Å². The molecule has 6 heteroatoms. The summed E-state index contributed by atoms with van der Waals surface area (Å²) in [6, 6.07) is 4.52. The molecule has 2 aromatic rings. The Morgan fingerprint density at radius 2 is 2.25 bits per heavy atom. The standard InChI is InChI=1S/C18H26N4OS/c1-13-14(2)20-22(15(13)3)12-18(23)19-16-6-4-8-21(10-16)11-17-7-5-9-24-17/h5,7,9,16H,4,6,8,10-12H2,1-3H3,(H,19,23). The molecule has 130 valence electrons. The maximum atomic E-state index is 12.4. The van der Waals surface area contributed by atoms with E-state index in [9.17, 15) is 4.79 Å². The molecule has 3 heterocycles. The lowest BCUT2D eigenvalue weighted by molar-refractivity contribution is -0.123. The predicted molar refractivity (Wildman–Crippen MR) is 97.2 cm³/mol. The van der Waals surface area contributed by atoms with E-state index in [0.717, 1.165) is 43.9 Å². The third kappa shape index (κ3) is 4.05. The molecule has 0 spiro atoms. The highest BCUT2D eigenvalue weighted by atomic mass is 32.1. The molecular weight excluding hydrogens is 320 g/mol. The van der Waals surface area contributed by atoms with E-state index in [0.29, 0.717) is 6.54 Å². The molecule has 1 unspecified atom stereocenters. The van der Waals surface area contributed by atoms with Crippen LogP contribution in [0.3, 0.4) is 0 Å². The number of aromatic nitrogens is 2. The summed E-state index contributed by atoms with van der Waals surface area (Å²) in [5.74, 6) is 0.0589. The van der Waals surface area contributed by atoms with Crippen molar-refractivity contribution >= 4 is 17.2 Å². The van der Waals surface area contributed by atoms with Crippen LogP contribution in [0.25, 0.3) is 0 Å². The number of hydrogen-bond acceptors (Lipinski definition) is 4. The molecule has 0 aromatic carbocycles. The van der Waals surface area contributed by atoms with Gasteiger partial charge in [0, 0.05) is 29.7 Å². The third-order valence-corrected chi connectivity index (χ3v) is 5.73. The number of piperidine rings is 1. The first-order chi connectivity index (χ1) is 11.5. The van der Waals surface area contributed by atoms with Crippen molar-refractivity contribution in [3.05, 3.63) is 39.3 Å². The van der Waals surface area contributed by atoms with Crippen molar-refractivity contribution in [1.82, 2.24) is 20.0 Å². The van der Waals surface area contributed by atoms with Gasteiger partial charge in [-0.25, -0.2) is 0 Å². The summed E-state index contributed by atoms with van der Waals surface area (Å²) in [5, 5.41) is 9.77. The summed E-state index contributed by atoms with van der Waals surface area (Å²) in [4.78, 5) is 16.2. The Kier molecular flexibility index (Phi) is 5.36. The number of thiophene rings is 1. The number of carbonyl (C=O) groups excluding carboxylic acids is 1. The highest BCUT2D eigenvalue weighted by molar-refractivity contribution is 7.09. The maximum absolute atomic E-state index is 12.4. The van der Waals surface area contributed by atoms with Crippen LogP contribution in [0.1, 0.15) is 34.7 Å². The Labute approximate surface area is 147 Å². The summed E-state index contributed by atoms with van der Waals surface area (Å²) in [6.07, 6.45) is 2.19. The lowest BCUT2D eigenvalue weighted by Crippen LogP contribution is -2.48. The zero-order valence-corrected chi connectivity index (χ0v) is 15.5. The number of hydrogen-bond donors (Lipinski definition) is 1. The molecule has 1 aliphatic heterocycles. The van der Waals surface area contributed by atoms with Gasteiger partial charge in [-0.1, -0.05) is 6.07 Å². The SMILES string of the molecule is Cc1nn(CC(=O)NC2CCCN(Cc3cccs3)C2)c(C)c1C. The van der Waals surface area contributed by atoms with Crippen LogP contribution in [-0.4, -0.2) is 39.7 Å². The van der Waals surface area contributed by atoms with Crippen LogP contribution < -0.4 is 5.32 Å². The second kappa shape index (κ2) is 7.49. The van der Waals surface area contributed by atoms with E-state index in [1.165, 1.54) is 10.4 Å². The van der Waals surface area contributed by atoms with Crippen LogP contribution in [0.4, 0.5) is 0 Å². The van der Waals surface area contributed by atoms with Gasteiger partial charge in [-0.2, -0.15) is 5.10 Å². The van der Waals surface area contributed by atoms with Crippen LogP contribution in [0, 0.1) is 20.8 Å². The average molecular weight is 347 g/mol. The normalized spacial score (nSPS) is 18.7. The summed E-state index contributed by atoms with van der Waals surface area (Å²) < 4.78 is 1.81. The van der Waals surface area contributed by atoms with E-state index in [1.54, 1.807) is 11.3 Å². The van der Waals surface area contributed by atoms with Gasteiger partial charge in [0.15, 0.2) is 0 Å². The largest absolute Gasteiger partial charge is 0.350 e. The van der Waals surface area contributed by atoms with E-state index < -0.39 is 0 Å². The summed E-state index contributed by atoms with van der Waals surface area (Å²) >= 11 is 1.80. The molecule has 2 aromatic heterocycles. The highest BCUT2D eigenvalue weighted by Gasteiger charge is 2.22. The van der Waals surface area contributed by atoms with E-state index in [2.05, 4.69) is 39.8 Å². The van der Waals surface area contributed by atoms with Gasteiger partial charge in [0.25, 0.3) is 0 Å². The van der Waals surface area contributed by atoms with Crippen LogP contribution in [-0.2, 0) is 17.9 Å². The smallest absolute Gasteiger partial charge is 0.242 e. The molecule has 0 saturated carbocycles. The molecule has 1 atom stereocenters. The minimum absolute atomic E-state index is 0.0589. The topological polar surface area (TPSA) is 50.2 Å². The minimum atomic E-state index is 0.0589. The Morgan fingerprint density at radius 1 is 1.42 bits per heavy atom. The van der Waals surface area contributed by atoms with Gasteiger partial charge in [-0.3, -0.25) is 14.4 Å². The molecule has 1 saturated heterocycles. The molecule has 3 rings (SSSR count). The fourth-order valence-corrected chi connectivity index (χ4v) is 4.04. The summed E-state index contributed by atoms with van der Waals surface area (Å²) in [5.41, 5.74) is 3.24. The quantitative estimate of drug-likeness (QED) is 0.905. The monoisotopic (exact) mass is 346 g/mol. The zero-order chi connectivity index (χ0) is 17.1. The highest BCUT2D eigenvalue weighted by Crippen LogP contribution is 2.17. The van der Waals surface area contributed by atoms with Gasteiger partial charge < -0.3 is 5.32 Å². The van der Waals surface area contributed by atoms with Gasteiger partial charge in [0.05, 0.1) is 5.69 Å². The maximum Gasteiger partial charge on any atom is 0.242 e. The Bertz CT molecular complexity index is 692. The molecule has 24 heavy (non-hydrogen) atoms. The van der Waals surface area contributed by atoms with E-state index in [4.69, 9.17) is 0 Å². The van der Waals surface area contributed by atoms with Crippen LogP contribution in [0.15, 0.2) is 17.5 Å². The van der Waals surface area contributed by atoms with E-state index >= 15 is 0 Å². The average Bonchev–Trinajstić information content (AvgIpc) is 3.13. The molecular formula is C18H26N4OS. The molecule has 0 radical (unpaired) electrons. The second-order valence-electron chi connectivity index (χ2n) is 6.67. The molecule has 1 aliphatic rings. The Balaban J connectivity index is 1.53. The first kappa shape index (κ1) is 17.2. The summed E-state index contributed by atoms with van der Waals surface area (Å²) in [6.45, 7) is 9.39. The van der Waals surface area contributed by atoms with Crippen molar-refractivity contribution in [3.63, 3.8) is 0 Å². The number of aryl methyl sites for hydroxylation is 1. The number of rotatable bonds is 5. The van der Waals surface area contributed by atoms with E-state index in [-0.39, 0.29) is 11.9 Å². The Hall–Kier alpha value is -1.66.